The van der Waals surface area contributed by atoms with Crippen LogP contribution in [0.2, 0.25) is 0 Å². The molecule has 0 saturated heterocycles. The van der Waals surface area contributed by atoms with Gasteiger partial charge in [-0.05, 0) is 69.3 Å². The first-order valence-corrected chi connectivity index (χ1v) is 6.60. The molecule has 1 aromatic carbocycles. The number of hydrogen-bond acceptors (Lipinski definition) is 3. The summed E-state index contributed by atoms with van der Waals surface area (Å²) >= 11 is 4.10. The minimum Gasteiger partial charge on any atom is -0.506 e. The van der Waals surface area contributed by atoms with E-state index in [9.17, 15) is 14.7 Å². The van der Waals surface area contributed by atoms with E-state index in [-0.39, 0.29) is 12.0 Å². The van der Waals surface area contributed by atoms with Crippen LogP contribution < -0.4 is 5.32 Å². The van der Waals surface area contributed by atoms with Gasteiger partial charge in [0, 0.05) is 6.54 Å². The summed E-state index contributed by atoms with van der Waals surface area (Å²) < 4.78 is 1.56. The van der Waals surface area contributed by atoms with Crippen LogP contribution in [-0.2, 0) is 16.0 Å². The maximum absolute atomic E-state index is 10.7. The van der Waals surface area contributed by atoms with Crippen molar-refractivity contribution in [3.05, 3.63) is 24.8 Å². The first-order chi connectivity index (χ1) is 7.54. The Morgan fingerprint density at radius 2 is 1.94 bits per heavy atom. The van der Waals surface area contributed by atoms with Gasteiger partial charge in [-0.1, -0.05) is 0 Å². The first kappa shape index (κ1) is 13.7. The highest BCUT2D eigenvalue weighted by Crippen LogP contribution is 2.27. The molecule has 0 atom stereocenters. The highest BCUT2D eigenvalue weighted by molar-refractivity contribution is 14.1. The largest absolute Gasteiger partial charge is 0.506 e. The quantitative estimate of drug-likeness (QED) is 0.420. The van der Waals surface area contributed by atoms with E-state index in [0.717, 1.165) is 12.7 Å². The van der Waals surface area contributed by atoms with Gasteiger partial charge >= 0.3 is 0 Å². The molecule has 6 heteroatoms. The molecule has 0 heterocycles. The molecule has 0 spiro atoms. The van der Waals surface area contributed by atoms with Gasteiger partial charge in [0.2, 0.25) is 6.29 Å². The molecule has 0 aliphatic heterocycles. The molecule has 4 nitrogen and oxygen atoms in total. The lowest BCUT2D eigenvalue weighted by molar-refractivity contribution is -0.131. The van der Waals surface area contributed by atoms with E-state index in [1.165, 1.54) is 0 Å². The Morgan fingerprint density at radius 1 is 1.38 bits per heavy atom. The molecular weight excluding hydrogens is 436 g/mol. The van der Waals surface area contributed by atoms with E-state index >= 15 is 0 Å². The van der Waals surface area contributed by atoms with Crippen LogP contribution in [0.4, 0.5) is 0 Å². The number of aromatic hydroxyl groups is 1. The number of carbonyl (C=O) groups excluding carboxylic acids is 2. The minimum absolute atomic E-state index is 0.254. The second-order valence-corrected chi connectivity index (χ2v) is 5.39. The Morgan fingerprint density at radius 3 is 2.44 bits per heavy atom. The molecule has 1 amide bonds. The molecule has 2 N–H and O–H groups in total. The van der Waals surface area contributed by atoms with E-state index < -0.39 is 5.91 Å². The monoisotopic (exact) mass is 445 g/mol. The lowest BCUT2D eigenvalue weighted by Gasteiger charge is -2.06. The van der Waals surface area contributed by atoms with E-state index in [4.69, 9.17) is 0 Å². The molecule has 0 aliphatic rings. The SMILES string of the molecule is O=CC(=O)NCCc1cc(I)c(O)c(I)c1. The molecule has 0 radical (unpaired) electrons. The van der Waals surface area contributed by atoms with Crippen LogP contribution in [0.15, 0.2) is 12.1 Å². The maximum atomic E-state index is 10.7. The number of phenols is 1. The van der Waals surface area contributed by atoms with Gasteiger partial charge in [0.05, 0.1) is 7.14 Å². The number of aldehydes is 1. The fourth-order valence-corrected chi connectivity index (χ4v) is 3.03. The van der Waals surface area contributed by atoms with Crippen LogP contribution in [0.3, 0.4) is 0 Å². The first-order valence-electron chi connectivity index (χ1n) is 4.44. The molecule has 86 valence electrons. The Kier molecular flexibility index (Phi) is 5.46. The summed E-state index contributed by atoms with van der Waals surface area (Å²) in [4.78, 5) is 20.7. The minimum atomic E-state index is -0.608. The number of rotatable bonds is 4. The number of benzene rings is 1. The topological polar surface area (TPSA) is 66.4 Å². The summed E-state index contributed by atoms with van der Waals surface area (Å²) in [5, 5.41) is 12.0. The van der Waals surface area contributed by atoms with Crippen molar-refractivity contribution in [2.45, 2.75) is 6.42 Å². The van der Waals surface area contributed by atoms with E-state index in [1.54, 1.807) is 0 Å². The summed E-state index contributed by atoms with van der Waals surface area (Å²) in [6.07, 6.45) is 0.885. The molecule has 0 bridgehead atoms. The fraction of sp³-hybridized carbons (Fsp3) is 0.200. The van der Waals surface area contributed by atoms with Gasteiger partial charge in [0.1, 0.15) is 5.75 Å². The van der Waals surface area contributed by atoms with Crippen LogP contribution in [0, 0.1) is 7.14 Å². The zero-order chi connectivity index (χ0) is 12.1. The lowest BCUT2D eigenvalue weighted by Crippen LogP contribution is -2.26. The number of halogens is 2. The van der Waals surface area contributed by atoms with E-state index in [2.05, 4.69) is 5.32 Å². The number of hydrogen-bond donors (Lipinski definition) is 2. The second-order valence-electron chi connectivity index (χ2n) is 3.07. The van der Waals surface area contributed by atoms with Crippen molar-refractivity contribution in [2.24, 2.45) is 0 Å². The third-order valence-corrected chi connectivity index (χ3v) is 3.54. The predicted octanol–water partition coefficient (Wildman–Crippen LogP) is 1.46. The van der Waals surface area contributed by atoms with Crippen molar-refractivity contribution in [3.8, 4) is 5.75 Å². The average molecular weight is 445 g/mol. The van der Waals surface area contributed by atoms with Crippen molar-refractivity contribution in [2.75, 3.05) is 6.54 Å². The van der Waals surface area contributed by atoms with Crippen LogP contribution in [-0.4, -0.2) is 23.8 Å². The van der Waals surface area contributed by atoms with Crippen molar-refractivity contribution in [1.29, 1.82) is 0 Å². The van der Waals surface area contributed by atoms with Crippen LogP contribution in [0.25, 0.3) is 0 Å². The van der Waals surface area contributed by atoms with Gasteiger partial charge in [0.15, 0.2) is 0 Å². The predicted molar refractivity (Wildman–Crippen MR) is 76.3 cm³/mol. The second kappa shape index (κ2) is 6.38. The van der Waals surface area contributed by atoms with Gasteiger partial charge in [-0.2, -0.15) is 0 Å². The third kappa shape index (κ3) is 3.89. The Hall–Kier alpha value is -0.380. The highest BCUT2D eigenvalue weighted by atomic mass is 127. The number of phenolic OH excluding ortho intramolecular Hbond substituents is 1. The Balaban J connectivity index is 2.61. The molecule has 0 fully saturated rings. The molecule has 16 heavy (non-hydrogen) atoms. The Labute approximate surface area is 120 Å². The summed E-state index contributed by atoms with van der Waals surface area (Å²) in [5.74, 6) is -0.329. The van der Waals surface area contributed by atoms with E-state index in [1.807, 2.05) is 57.3 Å². The summed E-state index contributed by atoms with van der Waals surface area (Å²) in [5.41, 5.74) is 1.01. The molecule has 0 aromatic heterocycles. The molecule has 1 rings (SSSR count). The highest BCUT2D eigenvalue weighted by Gasteiger charge is 2.06. The van der Waals surface area contributed by atoms with Crippen molar-refractivity contribution in [3.63, 3.8) is 0 Å². The van der Waals surface area contributed by atoms with Crippen LogP contribution >= 0.6 is 45.2 Å². The zero-order valence-electron chi connectivity index (χ0n) is 8.17. The van der Waals surface area contributed by atoms with Gasteiger partial charge < -0.3 is 10.4 Å². The third-order valence-electron chi connectivity index (χ3n) is 1.90. The van der Waals surface area contributed by atoms with E-state index in [0.29, 0.717) is 13.0 Å². The number of amides is 1. The molecule has 0 unspecified atom stereocenters. The van der Waals surface area contributed by atoms with Crippen molar-refractivity contribution >= 4 is 57.4 Å². The maximum Gasteiger partial charge on any atom is 0.284 e. The fourth-order valence-electron chi connectivity index (χ4n) is 1.13. The Bertz CT molecular complexity index is 398. The van der Waals surface area contributed by atoms with Crippen LogP contribution in [0.1, 0.15) is 5.56 Å². The molecule has 0 saturated carbocycles. The molecule has 0 aliphatic carbocycles. The summed E-state index contributed by atoms with van der Waals surface area (Å²) in [6.45, 7) is 0.411. The number of carbonyl (C=O) groups is 2. The summed E-state index contributed by atoms with van der Waals surface area (Å²) in [6, 6.07) is 3.70. The average Bonchev–Trinajstić information content (AvgIpc) is 2.25. The smallest absolute Gasteiger partial charge is 0.284 e. The van der Waals surface area contributed by atoms with Crippen LogP contribution in [0.5, 0.6) is 5.75 Å². The van der Waals surface area contributed by atoms with Gasteiger partial charge in [-0.15, -0.1) is 0 Å². The zero-order valence-corrected chi connectivity index (χ0v) is 12.5. The van der Waals surface area contributed by atoms with Gasteiger partial charge in [-0.25, -0.2) is 0 Å². The molecule has 1 aromatic rings. The summed E-state index contributed by atoms with van der Waals surface area (Å²) in [7, 11) is 0. The van der Waals surface area contributed by atoms with Gasteiger partial charge in [-0.3, -0.25) is 9.59 Å². The van der Waals surface area contributed by atoms with Crippen molar-refractivity contribution < 1.29 is 14.7 Å². The lowest BCUT2D eigenvalue weighted by atomic mass is 10.1. The number of nitrogens with one attached hydrogen (secondary N) is 1. The normalized spacial score (nSPS) is 9.88. The van der Waals surface area contributed by atoms with Crippen molar-refractivity contribution in [1.82, 2.24) is 5.32 Å². The molecular formula is C10H9I2NO3. The van der Waals surface area contributed by atoms with Gasteiger partial charge in [0.25, 0.3) is 5.91 Å². The standard InChI is InChI=1S/C10H9I2NO3/c11-7-3-6(4-8(12)10(7)16)1-2-13-9(15)5-14/h3-5,16H,1-2H2,(H,13,15).